The van der Waals surface area contributed by atoms with Gasteiger partial charge in [-0.3, -0.25) is 10.1 Å². The second kappa shape index (κ2) is 2.33. The minimum absolute atomic E-state index is 0.119. The Labute approximate surface area is 52.8 Å². The van der Waals surface area contributed by atoms with Crippen molar-refractivity contribution in [2.24, 2.45) is 0 Å². The van der Waals surface area contributed by atoms with Crippen LogP contribution in [0.15, 0.2) is 0 Å². The molecule has 0 aromatic carbocycles. The normalized spacial score (nSPS) is 34.8. The Hall–Kier alpha value is -0.610. The molecule has 0 bridgehead atoms. The maximum absolute atomic E-state index is 10.2. The van der Waals surface area contributed by atoms with Gasteiger partial charge in [0.25, 0.3) is 0 Å². The fourth-order valence-electron chi connectivity index (χ4n) is 0.763. The molecule has 2 N–H and O–H groups in total. The third kappa shape index (κ3) is 1.40. The van der Waals surface area contributed by atoms with E-state index in [0.717, 1.165) is 0 Å². The highest BCUT2D eigenvalue weighted by Crippen LogP contribution is 2.00. The van der Waals surface area contributed by atoms with Crippen LogP contribution in [0.5, 0.6) is 0 Å². The van der Waals surface area contributed by atoms with Gasteiger partial charge >= 0.3 is 5.97 Å². The average molecular weight is 131 g/mol. The standard InChI is InChI=1S/C5H9NO3/c1-3-6-4(2-9-3)5(7)8/h3-4,6H,2H2,1H3,(H,7,8). The molecule has 1 aliphatic heterocycles. The second-order valence-electron chi connectivity index (χ2n) is 2.03. The first-order valence-corrected chi connectivity index (χ1v) is 2.80. The molecule has 9 heavy (non-hydrogen) atoms. The topological polar surface area (TPSA) is 58.6 Å². The number of aliphatic carboxylic acids is 1. The van der Waals surface area contributed by atoms with Gasteiger partial charge in [0.1, 0.15) is 12.3 Å². The van der Waals surface area contributed by atoms with E-state index in [1.165, 1.54) is 0 Å². The van der Waals surface area contributed by atoms with E-state index >= 15 is 0 Å². The zero-order valence-corrected chi connectivity index (χ0v) is 5.13. The summed E-state index contributed by atoms with van der Waals surface area (Å²) in [5, 5.41) is 11.1. The zero-order chi connectivity index (χ0) is 6.85. The highest BCUT2D eigenvalue weighted by atomic mass is 16.5. The Kier molecular flexibility index (Phi) is 1.68. The third-order valence-electron chi connectivity index (χ3n) is 1.25. The number of hydrogen-bond donors (Lipinski definition) is 2. The van der Waals surface area contributed by atoms with Gasteiger partial charge in [-0.05, 0) is 6.92 Å². The van der Waals surface area contributed by atoms with Gasteiger partial charge < -0.3 is 9.84 Å². The number of carbonyl (C=O) groups is 1. The van der Waals surface area contributed by atoms with Gasteiger partial charge in [-0.2, -0.15) is 0 Å². The van der Waals surface area contributed by atoms with Gasteiger partial charge in [0.2, 0.25) is 0 Å². The molecule has 2 atom stereocenters. The minimum atomic E-state index is -0.848. The summed E-state index contributed by atoms with van der Waals surface area (Å²) in [6.07, 6.45) is -0.119. The Bertz CT molecular complexity index is 125. The lowest BCUT2D eigenvalue weighted by atomic mass is 10.3. The highest BCUT2D eigenvalue weighted by molar-refractivity contribution is 5.73. The Balaban J connectivity index is 2.39. The molecule has 2 unspecified atom stereocenters. The first-order valence-electron chi connectivity index (χ1n) is 2.80. The number of nitrogens with one attached hydrogen (secondary N) is 1. The summed E-state index contributed by atoms with van der Waals surface area (Å²) >= 11 is 0. The first-order chi connectivity index (χ1) is 4.20. The smallest absolute Gasteiger partial charge is 0.323 e. The van der Waals surface area contributed by atoms with E-state index in [9.17, 15) is 4.79 Å². The summed E-state index contributed by atoms with van der Waals surface area (Å²) in [5.41, 5.74) is 0. The largest absolute Gasteiger partial charge is 0.480 e. The van der Waals surface area contributed by atoms with Crippen molar-refractivity contribution in [1.29, 1.82) is 0 Å². The molecule has 4 nitrogen and oxygen atoms in total. The van der Waals surface area contributed by atoms with E-state index < -0.39 is 12.0 Å². The summed E-state index contributed by atoms with van der Waals surface area (Å²) < 4.78 is 4.93. The SMILES string of the molecule is CC1NC(C(=O)O)CO1. The van der Waals surface area contributed by atoms with E-state index in [4.69, 9.17) is 9.84 Å². The molecule has 1 saturated heterocycles. The van der Waals surface area contributed by atoms with Gasteiger partial charge in [0, 0.05) is 0 Å². The molecule has 0 amide bonds. The zero-order valence-electron chi connectivity index (χ0n) is 5.13. The minimum Gasteiger partial charge on any atom is -0.480 e. The van der Waals surface area contributed by atoms with Crippen LogP contribution in [0.25, 0.3) is 0 Å². The van der Waals surface area contributed by atoms with Crippen LogP contribution in [-0.2, 0) is 9.53 Å². The van der Waals surface area contributed by atoms with Crippen LogP contribution < -0.4 is 5.32 Å². The maximum atomic E-state index is 10.2. The van der Waals surface area contributed by atoms with Gasteiger partial charge in [0.05, 0.1) is 6.61 Å². The molecular formula is C5H9NO3. The number of rotatable bonds is 1. The summed E-state index contributed by atoms with van der Waals surface area (Å²) in [7, 11) is 0. The van der Waals surface area contributed by atoms with Crippen molar-refractivity contribution in [2.75, 3.05) is 6.61 Å². The number of carboxylic acids is 1. The van der Waals surface area contributed by atoms with Crippen molar-refractivity contribution >= 4 is 5.97 Å². The highest BCUT2D eigenvalue weighted by Gasteiger charge is 2.26. The van der Waals surface area contributed by atoms with Crippen LogP contribution in [-0.4, -0.2) is 30.0 Å². The summed E-state index contributed by atoms with van der Waals surface area (Å²) in [6, 6.07) is -0.514. The molecule has 0 aromatic rings. The van der Waals surface area contributed by atoms with Crippen molar-refractivity contribution in [3.8, 4) is 0 Å². The van der Waals surface area contributed by atoms with Crippen LogP contribution >= 0.6 is 0 Å². The predicted octanol–water partition coefficient (Wildman–Crippen LogP) is -0.595. The lowest BCUT2D eigenvalue weighted by Crippen LogP contribution is -2.35. The number of ether oxygens (including phenoxy) is 1. The van der Waals surface area contributed by atoms with Gasteiger partial charge in [-0.25, -0.2) is 0 Å². The molecule has 1 heterocycles. The molecule has 0 aromatic heterocycles. The van der Waals surface area contributed by atoms with Crippen molar-refractivity contribution in [3.63, 3.8) is 0 Å². The number of hydrogen-bond acceptors (Lipinski definition) is 3. The van der Waals surface area contributed by atoms with E-state index in [1.807, 2.05) is 0 Å². The summed E-state index contributed by atoms with van der Waals surface area (Å²) in [4.78, 5) is 10.2. The molecule has 4 heteroatoms. The van der Waals surface area contributed by atoms with E-state index in [1.54, 1.807) is 6.92 Å². The fraction of sp³-hybridized carbons (Fsp3) is 0.800. The first kappa shape index (κ1) is 6.51. The monoisotopic (exact) mass is 131 g/mol. The average Bonchev–Trinajstić information content (AvgIpc) is 2.14. The van der Waals surface area contributed by atoms with Crippen molar-refractivity contribution in [3.05, 3.63) is 0 Å². The Morgan fingerprint density at radius 3 is 2.78 bits per heavy atom. The second-order valence-corrected chi connectivity index (χ2v) is 2.03. The van der Waals surface area contributed by atoms with Crippen LogP contribution in [0.1, 0.15) is 6.92 Å². The van der Waals surface area contributed by atoms with Gasteiger partial charge in [-0.15, -0.1) is 0 Å². The molecule has 52 valence electrons. The molecular weight excluding hydrogens is 122 g/mol. The maximum Gasteiger partial charge on any atom is 0.323 e. The van der Waals surface area contributed by atoms with E-state index in [0.29, 0.717) is 0 Å². The van der Waals surface area contributed by atoms with Crippen LogP contribution in [0.2, 0.25) is 0 Å². The van der Waals surface area contributed by atoms with Crippen molar-refractivity contribution < 1.29 is 14.6 Å². The molecule has 1 rings (SSSR count). The van der Waals surface area contributed by atoms with E-state index in [-0.39, 0.29) is 12.8 Å². The fourth-order valence-corrected chi connectivity index (χ4v) is 0.763. The predicted molar refractivity (Wildman–Crippen MR) is 30.0 cm³/mol. The number of carboxylic acid groups (broad SMARTS) is 1. The molecule has 1 fully saturated rings. The van der Waals surface area contributed by atoms with Crippen molar-refractivity contribution in [1.82, 2.24) is 5.32 Å². The van der Waals surface area contributed by atoms with Gasteiger partial charge in [-0.1, -0.05) is 0 Å². The van der Waals surface area contributed by atoms with Crippen LogP contribution in [0.3, 0.4) is 0 Å². The lowest BCUT2D eigenvalue weighted by Gasteiger charge is -2.01. The van der Waals surface area contributed by atoms with Crippen LogP contribution in [0.4, 0.5) is 0 Å². The van der Waals surface area contributed by atoms with E-state index in [2.05, 4.69) is 5.32 Å². The third-order valence-corrected chi connectivity index (χ3v) is 1.25. The summed E-state index contributed by atoms with van der Waals surface area (Å²) in [5.74, 6) is -0.848. The molecule has 0 spiro atoms. The Morgan fingerprint density at radius 2 is 2.56 bits per heavy atom. The Morgan fingerprint density at radius 1 is 1.89 bits per heavy atom. The lowest BCUT2D eigenvalue weighted by molar-refractivity contribution is -0.139. The van der Waals surface area contributed by atoms with Gasteiger partial charge in [0.15, 0.2) is 0 Å². The summed E-state index contributed by atoms with van der Waals surface area (Å²) in [6.45, 7) is 2.05. The molecule has 0 saturated carbocycles. The molecule has 0 aliphatic carbocycles. The van der Waals surface area contributed by atoms with Crippen molar-refractivity contribution in [2.45, 2.75) is 19.2 Å². The van der Waals surface area contributed by atoms with Crippen LogP contribution in [0, 0.1) is 0 Å². The molecule has 0 radical (unpaired) electrons. The molecule has 1 aliphatic rings. The quantitative estimate of drug-likeness (QED) is 0.499.